The number of rotatable bonds is 3. The number of esters is 1. The van der Waals surface area contributed by atoms with E-state index in [1.807, 2.05) is 12.3 Å². The van der Waals surface area contributed by atoms with Crippen molar-refractivity contribution in [1.29, 1.82) is 0 Å². The second-order valence-electron chi connectivity index (χ2n) is 6.59. The maximum absolute atomic E-state index is 11.5. The molecular formula is C23H22N2O2. The maximum Gasteiger partial charge on any atom is 0.331 e. The van der Waals surface area contributed by atoms with Crippen molar-refractivity contribution in [3.05, 3.63) is 89.8 Å². The Morgan fingerprint density at radius 3 is 2.70 bits per heavy atom. The number of nitrogens with zero attached hydrogens (tertiary/aromatic N) is 1. The van der Waals surface area contributed by atoms with Crippen LogP contribution in [0.4, 0.5) is 0 Å². The summed E-state index contributed by atoms with van der Waals surface area (Å²) in [5.74, 6) is -0.336. The van der Waals surface area contributed by atoms with E-state index >= 15 is 0 Å². The van der Waals surface area contributed by atoms with Gasteiger partial charge in [-0.1, -0.05) is 54.6 Å². The van der Waals surface area contributed by atoms with E-state index < -0.39 is 0 Å². The smallest absolute Gasteiger partial charge is 0.331 e. The number of ether oxygens (including phenoxy) is 1. The molecule has 0 aliphatic carbocycles. The molecule has 1 aromatic heterocycles. The SMILES string of the molecule is COC(=O)/C=C/N1C/C=C(/c2ccccc2)c2[nH]c3ccccc3c2CC1. The monoisotopic (exact) mass is 358 g/mol. The minimum Gasteiger partial charge on any atom is -0.466 e. The van der Waals surface area contributed by atoms with Crippen molar-refractivity contribution < 1.29 is 9.53 Å². The van der Waals surface area contributed by atoms with Gasteiger partial charge in [-0.15, -0.1) is 0 Å². The molecule has 1 aliphatic heterocycles. The van der Waals surface area contributed by atoms with Crippen molar-refractivity contribution in [2.24, 2.45) is 0 Å². The molecule has 136 valence electrons. The van der Waals surface area contributed by atoms with Gasteiger partial charge in [0.05, 0.1) is 12.8 Å². The zero-order valence-corrected chi connectivity index (χ0v) is 15.3. The highest BCUT2D eigenvalue weighted by molar-refractivity contribution is 5.92. The molecule has 1 aliphatic rings. The minimum atomic E-state index is -0.336. The van der Waals surface area contributed by atoms with Crippen LogP contribution in [0, 0.1) is 0 Å². The normalized spacial score (nSPS) is 16.5. The predicted octanol–water partition coefficient (Wildman–Crippen LogP) is 4.14. The highest BCUT2D eigenvalue weighted by Crippen LogP contribution is 2.33. The third-order valence-corrected chi connectivity index (χ3v) is 4.97. The molecule has 0 fully saturated rings. The van der Waals surface area contributed by atoms with Gasteiger partial charge in [-0.25, -0.2) is 4.79 Å². The van der Waals surface area contributed by atoms with Gasteiger partial charge in [-0.3, -0.25) is 0 Å². The van der Waals surface area contributed by atoms with Crippen LogP contribution in [0.5, 0.6) is 0 Å². The summed E-state index contributed by atoms with van der Waals surface area (Å²) in [6.45, 7) is 1.56. The molecule has 4 nitrogen and oxygen atoms in total. The van der Waals surface area contributed by atoms with E-state index in [-0.39, 0.29) is 5.97 Å². The average Bonchev–Trinajstić information content (AvgIpc) is 3.06. The number of nitrogens with one attached hydrogen (secondary N) is 1. The van der Waals surface area contributed by atoms with Crippen LogP contribution in [0.3, 0.4) is 0 Å². The first-order chi connectivity index (χ1) is 13.3. The summed E-state index contributed by atoms with van der Waals surface area (Å²) in [5.41, 5.74) is 6.04. The third kappa shape index (κ3) is 3.51. The van der Waals surface area contributed by atoms with E-state index in [0.717, 1.165) is 25.0 Å². The molecule has 4 rings (SSSR count). The van der Waals surface area contributed by atoms with Crippen molar-refractivity contribution >= 4 is 22.4 Å². The van der Waals surface area contributed by atoms with E-state index in [2.05, 4.69) is 64.5 Å². The number of H-pyrrole nitrogens is 1. The van der Waals surface area contributed by atoms with Gasteiger partial charge in [-0.05, 0) is 23.6 Å². The highest BCUT2D eigenvalue weighted by atomic mass is 16.5. The fraction of sp³-hybridized carbons (Fsp3) is 0.174. The maximum atomic E-state index is 11.5. The lowest BCUT2D eigenvalue weighted by Crippen LogP contribution is -2.23. The Morgan fingerprint density at radius 2 is 1.89 bits per heavy atom. The molecule has 0 saturated heterocycles. The Kier molecular flexibility index (Phi) is 4.79. The summed E-state index contributed by atoms with van der Waals surface area (Å²) in [6.07, 6.45) is 6.43. The molecule has 0 spiro atoms. The summed E-state index contributed by atoms with van der Waals surface area (Å²) >= 11 is 0. The molecule has 0 radical (unpaired) electrons. The largest absolute Gasteiger partial charge is 0.466 e. The number of benzene rings is 2. The van der Waals surface area contributed by atoms with Crippen molar-refractivity contribution in [2.75, 3.05) is 20.2 Å². The minimum absolute atomic E-state index is 0.336. The lowest BCUT2D eigenvalue weighted by atomic mass is 9.95. The molecule has 27 heavy (non-hydrogen) atoms. The number of aromatic nitrogens is 1. The summed E-state index contributed by atoms with van der Waals surface area (Å²) < 4.78 is 4.72. The van der Waals surface area contributed by atoms with Gasteiger partial charge in [0.2, 0.25) is 0 Å². The van der Waals surface area contributed by atoms with Gasteiger partial charge in [-0.2, -0.15) is 0 Å². The lowest BCUT2D eigenvalue weighted by molar-refractivity contribution is -0.134. The Labute approximate surface area is 158 Å². The van der Waals surface area contributed by atoms with Crippen LogP contribution in [0.1, 0.15) is 16.8 Å². The Bertz CT molecular complexity index is 1020. The third-order valence-electron chi connectivity index (χ3n) is 4.97. The van der Waals surface area contributed by atoms with Crippen molar-refractivity contribution in [3.63, 3.8) is 0 Å². The van der Waals surface area contributed by atoms with Gasteiger partial charge in [0.1, 0.15) is 0 Å². The van der Waals surface area contributed by atoms with Crippen LogP contribution in [0.25, 0.3) is 16.5 Å². The van der Waals surface area contributed by atoms with Gasteiger partial charge in [0.25, 0.3) is 0 Å². The Morgan fingerprint density at radius 1 is 1.11 bits per heavy atom. The summed E-state index contributed by atoms with van der Waals surface area (Å²) in [6, 6.07) is 18.9. The highest BCUT2D eigenvalue weighted by Gasteiger charge is 2.19. The quantitative estimate of drug-likeness (QED) is 0.565. The van der Waals surface area contributed by atoms with Crippen LogP contribution < -0.4 is 0 Å². The zero-order valence-electron chi connectivity index (χ0n) is 15.3. The first-order valence-electron chi connectivity index (χ1n) is 9.12. The molecule has 0 unspecified atom stereocenters. The number of carbonyl (C=O) groups excluding carboxylic acids is 1. The number of methoxy groups -OCH3 is 1. The van der Waals surface area contributed by atoms with Crippen molar-refractivity contribution in [3.8, 4) is 0 Å². The summed E-state index contributed by atoms with van der Waals surface area (Å²) in [4.78, 5) is 17.2. The van der Waals surface area contributed by atoms with Gasteiger partial charge >= 0.3 is 5.97 Å². The molecular weight excluding hydrogens is 336 g/mol. The van der Waals surface area contributed by atoms with E-state index in [1.165, 1.54) is 41.0 Å². The molecule has 0 atom stereocenters. The van der Waals surface area contributed by atoms with E-state index in [9.17, 15) is 4.79 Å². The van der Waals surface area contributed by atoms with Crippen LogP contribution in [0.2, 0.25) is 0 Å². The molecule has 0 bridgehead atoms. The van der Waals surface area contributed by atoms with Gasteiger partial charge in [0.15, 0.2) is 0 Å². The van der Waals surface area contributed by atoms with Crippen LogP contribution >= 0.6 is 0 Å². The second kappa shape index (κ2) is 7.54. The molecule has 0 saturated carbocycles. The molecule has 3 aromatic rings. The molecule has 1 N–H and O–H groups in total. The summed E-state index contributed by atoms with van der Waals surface area (Å²) in [5, 5.41) is 1.26. The zero-order chi connectivity index (χ0) is 18.6. The standard InChI is InChI=1S/C23H22N2O2/c1-27-22(26)13-16-25-14-11-18(17-7-3-2-4-8-17)23-20(12-15-25)19-9-5-6-10-21(19)24-23/h2-11,13,16,24H,12,14-15H2,1H3/b16-13+,18-11-. The van der Waals surface area contributed by atoms with E-state index in [4.69, 9.17) is 4.74 Å². The average molecular weight is 358 g/mol. The lowest BCUT2D eigenvalue weighted by Gasteiger charge is -2.23. The molecule has 0 amide bonds. The fourth-order valence-corrected chi connectivity index (χ4v) is 3.60. The van der Waals surface area contributed by atoms with Gasteiger partial charge < -0.3 is 14.6 Å². The first-order valence-corrected chi connectivity index (χ1v) is 9.12. The molecule has 2 aromatic carbocycles. The van der Waals surface area contributed by atoms with Crippen molar-refractivity contribution in [1.82, 2.24) is 9.88 Å². The topological polar surface area (TPSA) is 45.3 Å². The summed E-state index contributed by atoms with van der Waals surface area (Å²) in [7, 11) is 1.39. The number of para-hydroxylation sites is 1. The van der Waals surface area contributed by atoms with Crippen LogP contribution in [-0.4, -0.2) is 36.1 Å². The van der Waals surface area contributed by atoms with E-state index in [1.54, 1.807) is 0 Å². The molecule has 2 heterocycles. The van der Waals surface area contributed by atoms with E-state index in [0.29, 0.717) is 0 Å². The van der Waals surface area contributed by atoms with Crippen LogP contribution in [-0.2, 0) is 16.0 Å². The number of hydrogen-bond acceptors (Lipinski definition) is 3. The first kappa shape index (κ1) is 17.2. The Balaban J connectivity index is 1.79. The molecule has 4 heteroatoms. The van der Waals surface area contributed by atoms with Crippen LogP contribution in [0.15, 0.2) is 72.9 Å². The Hall–Kier alpha value is -3.27. The number of aromatic amines is 1. The second-order valence-corrected chi connectivity index (χ2v) is 6.59. The number of carbonyl (C=O) groups is 1. The predicted molar refractivity (Wildman–Crippen MR) is 108 cm³/mol. The number of fused-ring (bicyclic) bond motifs is 3. The van der Waals surface area contributed by atoms with Gasteiger partial charge in [0, 0.05) is 41.8 Å². The van der Waals surface area contributed by atoms with Crippen molar-refractivity contribution in [2.45, 2.75) is 6.42 Å². The number of hydrogen-bond donors (Lipinski definition) is 1. The fourth-order valence-electron chi connectivity index (χ4n) is 3.60.